The minimum absolute atomic E-state index is 0.0451. The van der Waals surface area contributed by atoms with E-state index in [4.69, 9.17) is 14.2 Å². The molecule has 2 aromatic rings. The summed E-state index contributed by atoms with van der Waals surface area (Å²) in [6.45, 7) is -2.63. The number of benzene rings is 2. The van der Waals surface area contributed by atoms with E-state index in [2.05, 4.69) is 10.1 Å². The predicted octanol–water partition coefficient (Wildman–Crippen LogP) is 3.69. The van der Waals surface area contributed by atoms with E-state index in [0.29, 0.717) is 30.0 Å². The molecule has 156 valence electrons. The Bertz CT molecular complexity index is 855. The van der Waals surface area contributed by atoms with Gasteiger partial charge in [-0.15, -0.1) is 0 Å². The molecule has 0 saturated heterocycles. The molecule has 29 heavy (non-hydrogen) atoms. The van der Waals surface area contributed by atoms with Gasteiger partial charge in [-0.05, 0) is 48.4 Å². The van der Waals surface area contributed by atoms with Gasteiger partial charge in [-0.25, -0.2) is 0 Å². The van der Waals surface area contributed by atoms with Crippen molar-refractivity contribution in [2.45, 2.75) is 13.0 Å². The molecule has 0 fully saturated rings. The molecule has 0 saturated carbocycles. The highest BCUT2D eigenvalue weighted by atomic mass is 19.3. The Morgan fingerprint density at radius 3 is 2.38 bits per heavy atom. The molecule has 0 atom stereocenters. The maximum atomic E-state index is 12.5. The summed E-state index contributed by atoms with van der Waals surface area (Å²) in [5.41, 5.74) is 1.42. The first-order chi connectivity index (χ1) is 14.0. The first kappa shape index (κ1) is 22.0. The molecule has 0 heterocycles. The van der Waals surface area contributed by atoms with Gasteiger partial charge in [0.1, 0.15) is 11.5 Å². The Kier molecular flexibility index (Phi) is 8.27. The molecule has 0 radical (unpaired) electrons. The van der Waals surface area contributed by atoms with Crippen LogP contribution in [0.15, 0.2) is 42.5 Å². The van der Waals surface area contributed by atoms with Gasteiger partial charge in [-0.3, -0.25) is 4.79 Å². The molecule has 2 aromatic carbocycles. The zero-order chi connectivity index (χ0) is 21.2. The van der Waals surface area contributed by atoms with Gasteiger partial charge in [0.05, 0.1) is 21.3 Å². The quantitative estimate of drug-likeness (QED) is 0.609. The van der Waals surface area contributed by atoms with E-state index in [1.807, 2.05) is 0 Å². The Hall–Kier alpha value is -3.29. The highest BCUT2D eigenvalue weighted by molar-refractivity contribution is 5.92. The van der Waals surface area contributed by atoms with Crippen molar-refractivity contribution in [1.82, 2.24) is 5.32 Å². The van der Waals surface area contributed by atoms with Crippen molar-refractivity contribution in [2.75, 3.05) is 27.9 Å². The summed E-state index contributed by atoms with van der Waals surface area (Å²) in [6.07, 6.45) is 3.45. The highest BCUT2D eigenvalue weighted by Gasteiger charge is 2.11. The van der Waals surface area contributed by atoms with Crippen molar-refractivity contribution >= 4 is 12.0 Å². The van der Waals surface area contributed by atoms with Gasteiger partial charge in [0.25, 0.3) is 0 Å². The molecule has 6 nitrogen and oxygen atoms in total. The fourth-order valence-electron chi connectivity index (χ4n) is 2.59. The second kappa shape index (κ2) is 10.9. The fraction of sp³-hybridized carbons (Fsp3) is 0.286. The number of alkyl halides is 2. The third-order valence-electron chi connectivity index (χ3n) is 4.01. The van der Waals surface area contributed by atoms with Crippen LogP contribution >= 0.6 is 0 Å². The zero-order valence-corrected chi connectivity index (χ0v) is 16.4. The molecular formula is C21H23F2NO5. The standard InChI is InChI=1S/C21H23F2NO5/c1-26-16-6-8-17(27-2)15(13-16)5-9-20(25)24-11-10-14-4-7-18(28-3)19(12-14)29-21(22)23/h4-9,12-13,21H,10-11H2,1-3H3,(H,24,25)/b9-5+. The number of rotatable bonds is 10. The van der Waals surface area contributed by atoms with E-state index in [0.717, 1.165) is 5.56 Å². The van der Waals surface area contributed by atoms with Crippen molar-refractivity contribution in [2.24, 2.45) is 0 Å². The van der Waals surface area contributed by atoms with Gasteiger partial charge >= 0.3 is 6.61 Å². The summed E-state index contributed by atoms with van der Waals surface area (Å²) in [7, 11) is 4.47. The third-order valence-corrected chi connectivity index (χ3v) is 4.01. The predicted molar refractivity (Wildman–Crippen MR) is 105 cm³/mol. The number of carbonyl (C=O) groups excluding carboxylic acids is 1. The summed E-state index contributed by atoms with van der Waals surface area (Å²) in [5, 5.41) is 2.74. The van der Waals surface area contributed by atoms with Crippen LogP contribution in [0.1, 0.15) is 11.1 Å². The second-order valence-electron chi connectivity index (χ2n) is 5.85. The van der Waals surface area contributed by atoms with Crippen LogP contribution in [0.25, 0.3) is 6.08 Å². The first-order valence-electron chi connectivity index (χ1n) is 8.76. The van der Waals surface area contributed by atoms with Crippen LogP contribution in [0.3, 0.4) is 0 Å². The minimum Gasteiger partial charge on any atom is -0.497 e. The fourth-order valence-corrected chi connectivity index (χ4v) is 2.59. The Morgan fingerprint density at radius 1 is 1.00 bits per heavy atom. The maximum Gasteiger partial charge on any atom is 0.387 e. The monoisotopic (exact) mass is 407 g/mol. The summed E-state index contributed by atoms with van der Waals surface area (Å²) in [6, 6.07) is 10.00. The van der Waals surface area contributed by atoms with Gasteiger partial charge < -0.3 is 24.3 Å². The van der Waals surface area contributed by atoms with Gasteiger partial charge in [-0.2, -0.15) is 8.78 Å². The van der Waals surface area contributed by atoms with Gasteiger partial charge in [-0.1, -0.05) is 6.07 Å². The molecule has 2 rings (SSSR count). The van der Waals surface area contributed by atoms with Crippen molar-refractivity contribution in [3.63, 3.8) is 0 Å². The average molecular weight is 407 g/mol. The van der Waals surface area contributed by atoms with Crippen LogP contribution in [0, 0.1) is 0 Å². The first-order valence-corrected chi connectivity index (χ1v) is 8.76. The van der Waals surface area contributed by atoms with E-state index in [9.17, 15) is 13.6 Å². The van der Waals surface area contributed by atoms with Crippen LogP contribution in [0.2, 0.25) is 0 Å². The molecule has 0 aliphatic carbocycles. The molecular weight excluding hydrogens is 384 g/mol. The second-order valence-corrected chi connectivity index (χ2v) is 5.85. The molecule has 0 aliphatic rings. The van der Waals surface area contributed by atoms with Crippen LogP contribution < -0.4 is 24.3 Å². The molecule has 0 aliphatic heterocycles. The largest absolute Gasteiger partial charge is 0.497 e. The van der Waals surface area contributed by atoms with Gasteiger partial charge in [0, 0.05) is 18.2 Å². The Morgan fingerprint density at radius 2 is 1.72 bits per heavy atom. The summed E-state index contributed by atoms with van der Waals surface area (Å²) in [5.74, 6) is 1.13. The van der Waals surface area contributed by atoms with E-state index in [1.54, 1.807) is 50.6 Å². The normalized spacial score (nSPS) is 10.8. The molecule has 0 unspecified atom stereocenters. The summed E-state index contributed by atoms with van der Waals surface area (Å²) in [4.78, 5) is 12.1. The highest BCUT2D eigenvalue weighted by Crippen LogP contribution is 2.29. The summed E-state index contributed by atoms with van der Waals surface area (Å²) < 4.78 is 44.9. The van der Waals surface area contributed by atoms with Gasteiger partial charge in [0.2, 0.25) is 5.91 Å². The number of hydrogen-bond donors (Lipinski definition) is 1. The van der Waals surface area contributed by atoms with Crippen LogP contribution in [-0.2, 0) is 11.2 Å². The number of methoxy groups -OCH3 is 3. The lowest BCUT2D eigenvalue weighted by molar-refractivity contribution is -0.116. The van der Waals surface area contributed by atoms with Crippen LogP contribution in [0.4, 0.5) is 8.78 Å². The number of halogens is 2. The number of hydrogen-bond acceptors (Lipinski definition) is 5. The Balaban J connectivity index is 1.94. The van der Waals surface area contributed by atoms with Crippen molar-refractivity contribution in [3.8, 4) is 23.0 Å². The zero-order valence-electron chi connectivity index (χ0n) is 16.4. The molecule has 0 bridgehead atoms. The lowest BCUT2D eigenvalue weighted by atomic mass is 10.1. The van der Waals surface area contributed by atoms with E-state index in [1.165, 1.54) is 19.3 Å². The Labute approximate surface area is 168 Å². The van der Waals surface area contributed by atoms with Crippen LogP contribution in [-0.4, -0.2) is 40.4 Å². The molecule has 0 spiro atoms. The molecule has 0 aromatic heterocycles. The maximum absolute atomic E-state index is 12.5. The number of carbonyl (C=O) groups is 1. The lowest BCUT2D eigenvalue weighted by Gasteiger charge is -2.11. The van der Waals surface area contributed by atoms with Crippen molar-refractivity contribution in [1.29, 1.82) is 0 Å². The van der Waals surface area contributed by atoms with Crippen molar-refractivity contribution in [3.05, 3.63) is 53.6 Å². The average Bonchev–Trinajstić information content (AvgIpc) is 2.71. The van der Waals surface area contributed by atoms with Gasteiger partial charge in [0.15, 0.2) is 11.5 Å². The number of amides is 1. The van der Waals surface area contributed by atoms with Crippen molar-refractivity contribution < 1.29 is 32.5 Å². The smallest absolute Gasteiger partial charge is 0.387 e. The SMILES string of the molecule is COc1ccc(OC)c(/C=C/C(=O)NCCc2ccc(OC)c(OC(F)F)c2)c1. The molecule has 1 amide bonds. The number of ether oxygens (including phenoxy) is 4. The van der Waals surface area contributed by atoms with Crippen LogP contribution in [0.5, 0.6) is 23.0 Å². The van der Waals surface area contributed by atoms with E-state index >= 15 is 0 Å². The molecule has 8 heteroatoms. The van der Waals surface area contributed by atoms with E-state index in [-0.39, 0.29) is 17.4 Å². The summed E-state index contributed by atoms with van der Waals surface area (Å²) >= 11 is 0. The lowest BCUT2D eigenvalue weighted by Crippen LogP contribution is -2.23. The van der Waals surface area contributed by atoms with E-state index < -0.39 is 6.61 Å². The molecule has 1 N–H and O–H groups in total. The third kappa shape index (κ3) is 6.67. The number of nitrogens with one attached hydrogen (secondary N) is 1. The topological polar surface area (TPSA) is 66.0 Å². The minimum atomic E-state index is -2.95.